The van der Waals surface area contributed by atoms with Crippen LogP contribution in [0.3, 0.4) is 0 Å². The van der Waals surface area contributed by atoms with Crippen LogP contribution in [0.1, 0.15) is 38.5 Å². The third kappa shape index (κ3) is 7.26. The summed E-state index contributed by atoms with van der Waals surface area (Å²) in [7, 11) is 1.72. The molecule has 36 heavy (non-hydrogen) atoms. The lowest BCUT2D eigenvalue weighted by atomic mass is 9.91. The van der Waals surface area contributed by atoms with Gasteiger partial charge >= 0.3 is 0 Å². The molecule has 3 heterocycles. The molecule has 2 atom stereocenters. The summed E-state index contributed by atoms with van der Waals surface area (Å²) in [5, 5.41) is 19.7. The van der Waals surface area contributed by atoms with Gasteiger partial charge in [0, 0.05) is 50.7 Å². The van der Waals surface area contributed by atoms with Crippen LogP contribution < -0.4 is 16.0 Å². The van der Waals surface area contributed by atoms with Crippen molar-refractivity contribution in [3.63, 3.8) is 0 Å². The summed E-state index contributed by atoms with van der Waals surface area (Å²) in [6, 6.07) is 8.02. The van der Waals surface area contributed by atoms with Gasteiger partial charge in [0.15, 0.2) is 11.6 Å². The van der Waals surface area contributed by atoms with E-state index in [-0.39, 0.29) is 17.8 Å². The Hall–Kier alpha value is -2.51. The zero-order valence-corrected chi connectivity index (χ0v) is 21.4. The van der Waals surface area contributed by atoms with Crippen molar-refractivity contribution in [1.82, 2.24) is 15.3 Å². The molecule has 10 heteroatoms. The highest BCUT2D eigenvalue weighted by Gasteiger charge is 2.23. The number of rotatable bonds is 10. The van der Waals surface area contributed by atoms with E-state index in [1.54, 1.807) is 19.4 Å². The Morgan fingerprint density at radius 1 is 1.22 bits per heavy atom. The highest BCUT2D eigenvalue weighted by Crippen LogP contribution is 2.31. The minimum atomic E-state index is -0.453. The minimum Gasteiger partial charge on any atom is -0.383 e. The number of halogens is 2. The average Bonchev–Trinajstić information content (AvgIpc) is 2.90. The molecular formula is C26H34ClFN6O2. The summed E-state index contributed by atoms with van der Waals surface area (Å²) in [6.45, 7) is 2.51. The molecular weight excluding hydrogens is 483 g/mol. The highest BCUT2D eigenvalue weighted by atomic mass is 35.5. The Bertz CT molecular complexity index is 1040. The molecule has 4 rings (SSSR count). The van der Waals surface area contributed by atoms with Crippen molar-refractivity contribution in [3.8, 4) is 17.3 Å². The molecule has 3 N–H and O–H groups in total. The van der Waals surface area contributed by atoms with Crippen LogP contribution in [0.4, 0.5) is 16.0 Å². The summed E-state index contributed by atoms with van der Waals surface area (Å²) in [4.78, 5) is 8.95. The first-order valence-electron chi connectivity index (χ1n) is 12.6. The molecule has 1 aliphatic carbocycles. The van der Waals surface area contributed by atoms with Crippen molar-refractivity contribution in [1.29, 1.82) is 5.26 Å². The Balaban J connectivity index is 1.38. The van der Waals surface area contributed by atoms with E-state index in [9.17, 15) is 9.65 Å². The maximum absolute atomic E-state index is 14.5. The second kappa shape index (κ2) is 13.2. The molecule has 2 aromatic heterocycles. The Kier molecular flexibility index (Phi) is 9.70. The van der Waals surface area contributed by atoms with Crippen molar-refractivity contribution in [2.45, 2.75) is 56.7 Å². The normalized spacial score (nSPS) is 24.2. The average molecular weight is 517 g/mol. The van der Waals surface area contributed by atoms with Gasteiger partial charge in [-0.05, 0) is 56.7 Å². The molecule has 0 radical (unpaired) electrons. The van der Waals surface area contributed by atoms with Crippen LogP contribution in [-0.4, -0.2) is 61.6 Å². The van der Waals surface area contributed by atoms with E-state index in [0.29, 0.717) is 47.9 Å². The lowest BCUT2D eigenvalue weighted by molar-refractivity contribution is 0.0104. The predicted octanol–water partition coefficient (Wildman–Crippen LogP) is 4.63. The van der Waals surface area contributed by atoms with Crippen LogP contribution in [0.25, 0.3) is 11.3 Å². The maximum atomic E-state index is 14.5. The van der Waals surface area contributed by atoms with Gasteiger partial charge in [0.05, 0.1) is 35.4 Å². The standard InChI is InChI=1S/C26H34ClFN6O2/c1-35-11-9-30-18-2-4-19(5-3-18)33-25-13-21(22(27)16-31-25)24-7-6-23(28)26(34-24)32-15-20-12-17(14-29)8-10-36-20/h6-7,13,16-20,30H,2-5,8-12,15H2,1H3,(H,31,33)(H,32,34)/t17?,18-,19-,20?. The van der Waals surface area contributed by atoms with E-state index < -0.39 is 5.82 Å². The number of hydrogen-bond donors (Lipinski definition) is 3. The van der Waals surface area contributed by atoms with Crippen LogP contribution in [0.15, 0.2) is 24.4 Å². The molecule has 0 amide bonds. The van der Waals surface area contributed by atoms with Crippen molar-refractivity contribution in [2.24, 2.45) is 5.92 Å². The highest BCUT2D eigenvalue weighted by molar-refractivity contribution is 6.33. The van der Waals surface area contributed by atoms with Gasteiger partial charge < -0.3 is 25.4 Å². The fourth-order valence-electron chi connectivity index (χ4n) is 4.80. The number of aromatic nitrogens is 2. The van der Waals surface area contributed by atoms with E-state index in [1.165, 1.54) is 6.07 Å². The lowest BCUT2D eigenvalue weighted by Gasteiger charge is -2.30. The number of nitrogens with one attached hydrogen (secondary N) is 3. The molecule has 1 saturated carbocycles. The van der Waals surface area contributed by atoms with Crippen LogP contribution in [-0.2, 0) is 9.47 Å². The van der Waals surface area contributed by atoms with Crippen LogP contribution >= 0.6 is 11.6 Å². The summed E-state index contributed by atoms with van der Waals surface area (Å²) < 4.78 is 25.3. The number of anilines is 2. The Labute approximate surface area is 216 Å². The van der Waals surface area contributed by atoms with Gasteiger partial charge in [0.2, 0.25) is 0 Å². The third-order valence-corrected chi connectivity index (χ3v) is 7.14. The van der Waals surface area contributed by atoms with Crippen molar-refractivity contribution < 1.29 is 13.9 Å². The van der Waals surface area contributed by atoms with Crippen molar-refractivity contribution >= 4 is 23.2 Å². The molecule has 0 aromatic carbocycles. The van der Waals surface area contributed by atoms with Crippen LogP contribution in [0.2, 0.25) is 5.02 Å². The number of methoxy groups -OCH3 is 1. The zero-order valence-electron chi connectivity index (χ0n) is 20.6. The molecule has 1 aliphatic heterocycles. The fourth-order valence-corrected chi connectivity index (χ4v) is 5.00. The van der Waals surface area contributed by atoms with Gasteiger partial charge in [0.1, 0.15) is 5.82 Å². The number of ether oxygens (including phenoxy) is 2. The molecule has 0 bridgehead atoms. The van der Waals surface area contributed by atoms with Gasteiger partial charge in [0.25, 0.3) is 0 Å². The second-order valence-corrected chi connectivity index (χ2v) is 9.85. The summed E-state index contributed by atoms with van der Waals surface area (Å²) in [5.41, 5.74) is 1.24. The molecule has 0 spiro atoms. The number of nitrogens with zero attached hydrogens (tertiary/aromatic N) is 3. The first kappa shape index (κ1) is 26.6. The first-order chi connectivity index (χ1) is 17.6. The lowest BCUT2D eigenvalue weighted by Crippen LogP contribution is -2.38. The number of hydrogen-bond acceptors (Lipinski definition) is 8. The summed E-state index contributed by atoms with van der Waals surface area (Å²) in [5.74, 6) is 0.379. The van der Waals surface area contributed by atoms with Gasteiger partial charge in [-0.3, -0.25) is 0 Å². The quantitative estimate of drug-likeness (QED) is 0.393. The van der Waals surface area contributed by atoms with E-state index in [1.807, 2.05) is 6.07 Å². The largest absolute Gasteiger partial charge is 0.383 e. The van der Waals surface area contributed by atoms with E-state index in [4.69, 9.17) is 21.1 Å². The predicted molar refractivity (Wildman–Crippen MR) is 139 cm³/mol. The third-order valence-electron chi connectivity index (χ3n) is 6.84. The van der Waals surface area contributed by atoms with Crippen molar-refractivity contribution in [3.05, 3.63) is 35.2 Å². The Morgan fingerprint density at radius 2 is 2.03 bits per heavy atom. The monoisotopic (exact) mass is 516 g/mol. The maximum Gasteiger partial charge on any atom is 0.165 e. The first-order valence-corrected chi connectivity index (χ1v) is 13.0. The van der Waals surface area contributed by atoms with Crippen LogP contribution in [0.5, 0.6) is 0 Å². The van der Waals surface area contributed by atoms with E-state index >= 15 is 0 Å². The molecule has 2 unspecified atom stereocenters. The number of nitriles is 1. The Morgan fingerprint density at radius 3 is 2.81 bits per heavy atom. The molecule has 2 aromatic rings. The second-order valence-electron chi connectivity index (χ2n) is 9.44. The van der Waals surface area contributed by atoms with E-state index in [2.05, 4.69) is 32.0 Å². The summed E-state index contributed by atoms with van der Waals surface area (Å²) >= 11 is 6.46. The fraction of sp³-hybridized carbons (Fsp3) is 0.577. The van der Waals surface area contributed by atoms with Gasteiger partial charge in [-0.2, -0.15) is 5.26 Å². The van der Waals surface area contributed by atoms with Crippen molar-refractivity contribution in [2.75, 3.05) is 44.0 Å². The minimum absolute atomic E-state index is 0.0294. The topological polar surface area (TPSA) is 104 Å². The molecule has 2 fully saturated rings. The van der Waals surface area contributed by atoms with Gasteiger partial charge in [-0.15, -0.1) is 0 Å². The summed E-state index contributed by atoms with van der Waals surface area (Å²) in [6.07, 6.45) is 7.09. The molecule has 8 nitrogen and oxygen atoms in total. The zero-order chi connectivity index (χ0) is 25.3. The van der Waals surface area contributed by atoms with Gasteiger partial charge in [-0.25, -0.2) is 14.4 Å². The molecule has 1 saturated heterocycles. The van der Waals surface area contributed by atoms with Gasteiger partial charge in [-0.1, -0.05) is 11.6 Å². The van der Waals surface area contributed by atoms with Crippen LogP contribution in [0, 0.1) is 23.1 Å². The molecule has 194 valence electrons. The molecule has 2 aliphatic rings. The SMILES string of the molecule is COCCN[C@H]1CC[C@H](Nc2cc(-c3ccc(F)c(NCC4CC(C#N)CCO4)n3)c(Cl)cn2)CC1. The smallest absolute Gasteiger partial charge is 0.165 e. The number of pyridine rings is 2. The van der Waals surface area contributed by atoms with E-state index in [0.717, 1.165) is 51.1 Å².